The van der Waals surface area contributed by atoms with Gasteiger partial charge >= 0.3 is 0 Å². The minimum Gasteiger partial charge on any atom is -0.396 e. The molecule has 0 saturated heterocycles. The zero-order chi connectivity index (χ0) is 14.5. The lowest BCUT2D eigenvalue weighted by molar-refractivity contribution is 0.224. The SMILES string of the molecule is OCC(Cc1ccc(F)cc1F)Cc1ccccc1Br. The van der Waals surface area contributed by atoms with Gasteiger partial charge in [0, 0.05) is 17.1 Å². The third kappa shape index (κ3) is 3.87. The molecule has 1 N–H and O–H groups in total. The molecule has 2 aromatic rings. The molecule has 2 rings (SSSR count). The molecule has 1 atom stereocenters. The molecule has 0 aliphatic rings. The minimum absolute atomic E-state index is 0.0435. The lowest BCUT2D eigenvalue weighted by atomic mass is 9.93. The highest BCUT2D eigenvalue weighted by molar-refractivity contribution is 9.10. The molecule has 0 radical (unpaired) electrons. The third-order valence-corrected chi connectivity index (χ3v) is 4.02. The standard InChI is InChI=1S/C16H15BrF2O/c17-15-4-2-1-3-12(15)7-11(10-20)8-13-5-6-14(18)9-16(13)19/h1-6,9,11,20H,7-8,10H2. The van der Waals surface area contributed by atoms with Crippen LogP contribution in [0.1, 0.15) is 11.1 Å². The molecule has 0 aromatic heterocycles. The molecule has 0 fully saturated rings. The van der Waals surface area contributed by atoms with Crippen molar-refractivity contribution < 1.29 is 13.9 Å². The Kier molecular flexibility index (Phi) is 5.26. The molecule has 0 spiro atoms. The summed E-state index contributed by atoms with van der Waals surface area (Å²) in [6.07, 6.45) is 1.01. The van der Waals surface area contributed by atoms with Crippen molar-refractivity contribution in [3.05, 3.63) is 69.7 Å². The molecular weight excluding hydrogens is 326 g/mol. The molecule has 106 valence electrons. The van der Waals surface area contributed by atoms with Crippen LogP contribution in [0.2, 0.25) is 0 Å². The molecule has 0 bridgehead atoms. The Hall–Kier alpha value is -1.26. The van der Waals surface area contributed by atoms with Crippen LogP contribution in [0, 0.1) is 17.6 Å². The van der Waals surface area contributed by atoms with Gasteiger partial charge in [-0.15, -0.1) is 0 Å². The van der Waals surface area contributed by atoms with Crippen molar-refractivity contribution in [3.63, 3.8) is 0 Å². The van der Waals surface area contributed by atoms with Crippen molar-refractivity contribution in [1.82, 2.24) is 0 Å². The van der Waals surface area contributed by atoms with Crippen LogP contribution >= 0.6 is 15.9 Å². The summed E-state index contributed by atoms with van der Waals surface area (Å²) in [5.41, 5.74) is 1.49. The number of rotatable bonds is 5. The van der Waals surface area contributed by atoms with Crippen LogP contribution in [0.3, 0.4) is 0 Å². The molecule has 0 saturated carbocycles. The molecule has 0 aliphatic carbocycles. The van der Waals surface area contributed by atoms with E-state index in [2.05, 4.69) is 15.9 Å². The van der Waals surface area contributed by atoms with E-state index in [-0.39, 0.29) is 12.5 Å². The summed E-state index contributed by atoms with van der Waals surface area (Å²) in [6.45, 7) is -0.0435. The van der Waals surface area contributed by atoms with Crippen molar-refractivity contribution >= 4 is 15.9 Å². The average Bonchev–Trinajstić information content (AvgIpc) is 2.43. The fourth-order valence-electron chi connectivity index (χ4n) is 2.17. The summed E-state index contributed by atoms with van der Waals surface area (Å²) < 4.78 is 27.5. The first-order valence-corrected chi connectivity index (χ1v) is 7.17. The maximum atomic E-state index is 13.6. The van der Waals surface area contributed by atoms with E-state index in [0.29, 0.717) is 18.4 Å². The monoisotopic (exact) mass is 340 g/mol. The quantitative estimate of drug-likeness (QED) is 0.867. The van der Waals surface area contributed by atoms with Crippen molar-refractivity contribution in [2.75, 3.05) is 6.61 Å². The second-order valence-corrected chi connectivity index (χ2v) is 5.64. The van der Waals surface area contributed by atoms with E-state index >= 15 is 0 Å². The van der Waals surface area contributed by atoms with Crippen LogP contribution in [0.25, 0.3) is 0 Å². The zero-order valence-electron chi connectivity index (χ0n) is 10.8. The van der Waals surface area contributed by atoms with E-state index in [0.717, 1.165) is 16.1 Å². The Balaban J connectivity index is 2.11. The van der Waals surface area contributed by atoms with Gasteiger partial charge in [-0.3, -0.25) is 0 Å². The predicted molar refractivity (Wildman–Crippen MR) is 78.5 cm³/mol. The van der Waals surface area contributed by atoms with Gasteiger partial charge in [0.2, 0.25) is 0 Å². The number of halogens is 3. The smallest absolute Gasteiger partial charge is 0.129 e. The maximum absolute atomic E-state index is 13.6. The number of aliphatic hydroxyl groups is 1. The summed E-state index contributed by atoms with van der Waals surface area (Å²) >= 11 is 3.46. The van der Waals surface area contributed by atoms with Gasteiger partial charge in [0.1, 0.15) is 11.6 Å². The first-order valence-electron chi connectivity index (χ1n) is 6.38. The number of aliphatic hydroxyl groups excluding tert-OH is 1. The fraction of sp³-hybridized carbons (Fsp3) is 0.250. The Labute approximate surface area is 125 Å². The van der Waals surface area contributed by atoms with Crippen LogP contribution in [0.4, 0.5) is 8.78 Å². The van der Waals surface area contributed by atoms with Gasteiger partial charge in [0.05, 0.1) is 0 Å². The maximum Gasteiger partial charge on any atom is 0.129 e. The second-order valence-electron chi connectivity index (χ2n) is 4.78. The van der Waals surface area contributed by atoms with E-state index in [9.17, 15) is 13.9 Å². The average molecular weight is 341 g/mol. The summed E-state index contributed by atoms with van der Waals surface area (Å²) in [4.78, 5) is 0. The van der Waals surface area contributed by atoms with Gasteiger partial charge in [-0.2, -0.15) is 0 Å². The lowest BCUT2D eigenvalue weighted by Gasteiger charge is -2.15. The van der Waals surface area contributed by atoms with Crippen LogP contribution in [-0.2, 0) is 12.8 Å². The first-order chi connectivity index (χ1) is 9.60. The molecule has 1 nitrogen and oxygen atoms in total. The summed E-state index contributed by atoms with van der Waals surface area (Å²) in [7, 11) is 0. The number of benzene rings is 2. The molecule has 2 aromatic carbocycles. The molecule has 0 heterocycles. The normalized spacial score (nSPS) is 12.4. The van der Waals surface area contributed by atoms with Crippen LogP contribution in [0.15, 0.2) is 46.9 Å². The van der Waals surface area contributed by atoms with E-state index in [1.54, 1.807) is 0 Å². The van der Waals surface area contributed by atoms with E-state index in [4.69, 9.17) is 0 Å². The van der Waals surface area contributed by atoms with E-state index < -0.39 is 11.6 Å². The zero-order valence-corrected chi connectivity index (χ0v) is 12.4. The Bertz CT molecular complexity index is 586. The number of hydrogen-bond donors (Lipinski definition) is 1. The minimum atomic E-state index is -0.586. The molecular formula is C16H15BrF2O. The summed E-state index contributed by atoms with van der Waals surface area (Å²) in [6, 6.07) is 11.3. The van der Waals surface area contributed by atoms with Gasteiger partial charge in [-0.1, -0.05) is 40.2 Å². The largest absolute Gasteiger partial charge is 0.396 e. The summed E-state index contributed by atoms with van der Waals surface area (Å²) in [5, 5.41) is 9.47. The first kappa shape index (κ1) is 15.1. The second kappa shape index (κ2) is 6.95. The van der Waals surface area contributed by atoms with E-state index in [1.165, 1.54) is 12.1 Å². The highest BCUT2D eigenvalue weighted by Gasteiger charge is 2.14. The van der Waals surface area contributed by atoms with Crippen molar-refractivity contribution in [3.8, 4) is 0 Å². The highest BCUT2D eigenvalue weighted by Crippen LogP contribution is 2.22. The van der Waals surface area contributed by atoms with Crippen LogP contribution in [0.5, 0.6) is 0 Å². The summed E-state index contributed by atoms with van der Waals surface area (Å²) in [5.74, 6) is -1.25. The van der Waals surface area contributed by atoms with Crippen molar-refractivity contribution in [1.29, 1.82) is 0 Å². The predicted octanol–water partition coefficient (Wildman–Crippen LogP) is 4.12. The molecule has 4 heteroatoms. The van der Waals surface area contributed by atoms with E-state index in [1.807, 2.05) is 24.3 Å². The van der Waals surface area contributed by atoms with Gasteiger partial charge in [-0.05, 0) is 42.0 Å². The highest BCUT2D eigenvalue weighted by atomic mass is 79.9. The third-order valence-electron chi connectivity index (χ3n) is 3.25. The number of hydrogen-bond acceptors (Lipinski definition) is 1. The molecule has 0 amide bonds. The topological polar surface area (TPSA) is 20.2 Å². The molecule has 0 aliphatic heterocycles. The van der Waals surface area contributed by atoms with Gasteiger partial charge < -0.3 is 5.11 Å². The lowest BCUT2D eigenvalue weighted by Crippen LogP contribution is -2.14. The Morgan fingerprint density at radius 2 is 1.70 bits per heavy atom. The fourth-order valence-corrected chi connectivity index (χ4v) is 2.62. The molecule has 20 heavy (non-hydrogen) atoms. The van der Waals surface area contributed by atoms with Gasteiger partial charge in [-0.25, -0.2) is 8.78 Å². The Morgan fingerprint density at radius 1 is 1.00 bits per heavy atom. The van der Waals surface area contributed by atoms with Crippen molar-refractivity contribution in [2.45, 2.75) is 12.8 Å². The molecule has 1 unspecified atom stereocenters. The van der Waals surface area contributed by atoms with Gasteiger partial charge in [0.25, 0.3) is 0 Å². The van der Waals surface area contributed by atoms with Crippen LogP contribution in [-0.4, -0.2) is 11.7 Å². The Morgan fingerprint density at radius 3 is 2.35 bits per heavy atom. The van der Waals surface area contributed by atoms with Crippen LogP contribution < -0.4 is 0 Å². The van der Waals surface area contributed by atoms with Crippen molar-refractivity contribution in [2.24, 2.45) is 5.92 Å². The van der Waals surface area contributed by atoms with Gasteiger partial charge in [0.15, 0.2) is 0 Å².